The van der Waals surface area contributed by atoms with E-state index in [-0.39, 0.29) is 11.8 Å². The van der Waals surface area contributed by atoms with Gasteiger partial charge in [0.25, 0.3) is 0 Å². The maximum Gasteiger partial charge on any atom is 0.243 e. The predicted octanol–water partition coefficient (Wildman–Crippen LogP) is 3.02. The van der Waals surface area contributed by atoms with Crippen LogP contribution in [0.3, 0.4) is 0 Å². The highest BCUT2D eigenvalue weighted by Gasteiger charge is 2.30. The van der Waals surface area contributed by atoms with Crippen LogP contribution in [-0.2, 0) is 14.8 Å². The lowest BCUT2D eigenvalue weighted by Gasteiger charge is -2.34. The van der Waals surface area contributed by atoms with Crippen LogP contribution in [0.1, 0.15) is 30.4 Å². The molecule has 1 aliphatic heterocycles. The van der Waals surface area contributed by atoms with E-state index in [9.17, 15) is 13.2 Å². The first-order valence-electron chi connectivity index (χ1n) is 9.27. The molecule has 1 fully saturated rings. The molecule has 0 bridgehead atoms. The second kappa shape index (κ2) is 8.23. The maximum absolute atomic E-state index is 12.8. The number of amides is 1. The smallest absolute Gasteiger partial charge is 0.243 e. The molecule has 6 heteroatoms. The quantitative estimate of drug-likeness (QED) is 0.794. The number of rotatable bonds is 5. The fourth-order valence-electron chi connectivity index (χ4n) is 3.33. The first kappa shape index (κ1) is 19.6. The molecule has 0 aliphatic carbocycles. The van der Waals surface area contributed by atoms with E-state index < -0.39 is 10.0 Å². The number of hydrogen-bond acceptors (Lipinski definition) is 3. The first-order valence-corrected chi connectivity index (χ1v) is 10.7. The summed E-state index contributed by atoms with van der Waals surface area (Å²) in [5.74, 6) is 0.228. The van der Waals surface area contributed by atoms with Crippen molar-refractivity contribution < 1.29 is 13.2 Å². The topological polar surface area (TPSA) is 57.7 Å². The van der Waals surface area contributed by atoms with Gasteiger partial charge in [-0.15, -0.1) is 0 Å². The minimum Gasteiger partial charge on any atom is -0.340 e. The standard InChI is InChI=1S/C21H26N2O3S/c1-17-8-10-20(11-9-17)27(25,26)23-14-12-22(13-15-23)21(24)16-18(2)19-6-4-3-5-7-19/h3-11,18H,12-16H2,1-2H3. The van der Waals surface area contributed by atoms with Crippen LogP contribution in [0.5, 0.6) is 0 Å². The van der Waals surface area contributed by atoms with Crippen molar-refractivity contribution in [2.75, 3.05) is 26.2 Å². The van der Waals surface area contributed by atoms with E-state index in [1.165, 1.54) is 4.31 Å². The molecule has 0 radical (unpaired) electrons. The van der Waals surface area contributed by atoms with Crippen LogP contribution in [0.4, 0.5) is 0 Å². The lowest BCUT2D eigenvalue weighted by atomic mass is 9.97. The number of nitrogens with zero attached hydrogens (tertiary/aromatic N) is 2. The van der Waals surface area contributed by atoms with Gasteiger partial charge >= 0.3 is 0 Å². The molecular formula is C21H26N2O3S. The van der Waals surface area contributed by atoms with Crippen LogP contribution in [0, 0.1) is 6.92 Å². The Hall–Kier alpha value is -2.18. The molecule has 0 N–H and O–H groups in total. The second-order valence-corrected chi connectivity index (χ2v) is 9.05. The molecule has 1 unspecified atom stereocenters. The molecule has 1 saturated heterocycles. The molecule has 1 aliphatic rings. The van der Waals surface area contributed by atoms with Crippen molar-refractivity contribution in [3.8, 4) is 0 Å². The average Bonchev–Trinajstić information content (AvgIpc) is 2.69. The number of carbonyl (C=O) groups is 1. The zero-order chi connectivity index (χ0) is 19.4. The maximum atomic E-state index is 12.8. The normalized spacial score (nSPS) is 16.9. The average molecular weight is 387 g/mol. The summed E-state index contributed by atoms with van der Waals surface area (Å²) in [7, 11) is -3.50. The summed E-state index contributed by atoms with van der Waals surface area (Å²) in [6.45, 7) is 5.52. The summed E-state index contributed by atoms with van der Waals surface area (Å²) >= 11 is 0. The van der Waals surface area contributed by atoms with Gasteiger partial charge in [0, 0.05) is 32.6 Å². The summed E-state index contributed by atoms with van der Waals surface area (Å²) in [5, 5.41) is 0. The zero-order valence-corrected chi connectivity index (χ0v) is 16.7. The Morgan fingerprint density at radius 1 is 0.963 bits per heavy atom. The van der Waals surface area contributed by atoms with Crippen LogP contribution >= 0.6 is 0 Å². The molecule has 0 spiro atoms. The van der Waals surface area contributed by atoms with Crippen molar-refractivity contribution in [2.45, 2.75) is 31.1 Å². The second-order valence-electron chi connectivity index (χ2n) is 7.11. The summed E-state index contributed by atoms with van der Waals surface area (Å²) in [6, 6.07) is 16.9. The molecular weight excluding hydrogens is 360 g/mol. The molecule has 144 valence electrons. The van der Waals surface area contributed by atoms with E-state index in [0.717, 1.165) is 11.1 Å². The van der Waals surface area contributed by atoms with E-state index in [4.69, 9.17) is 0 Å². The first-order chi connectivity index (χ1) is 12.9. The lowest BCUT2D eigenvalue weighted by molar-refractivity contribution is -0.132. The van der Waals surface area contributed by atoms with Gasteiger partial charge in [0.15, 0.2) is 0 Å². The van der Waals surface area contributed by atoms with Crippen molar-refractivity contribution in [1.82, 2.24) is 9.21 Å². The fraction of sp³-hybridized carbons (Fsp3) is 0.381. The fourth-order valence-corrected chi connectivity index (χ4v) is 4.75. The number of aryl methyl sites for hydroxylation is 1. The largest absolute Gasteiger partial charge is 0.340 e. The third-order valence-electron chi connectivity index (χ3n) is 5.10. The van der Waals surface area contributed by atoms with Gasteiger partial charge in [0.05, 0.1) is 4.90 Å². The van der Waals surface area contributed by atoms with Crippen molar-refractivity contribution in [3.05, 3.63) is 65.7 Å². The molecule has 0 saturated carbocycles. The SMILES string of the molecule is Cc1ccc(S(=O)(=O)N2CCN(C(=O)CC(C)c3ccccc3)CC2)cc1. The monoisotopic (exact) mass is 386 g/mol. The lowest BCUT2D eigenvalue weighted by Crippen LogP contribution is -2.50. The van der Waals surface area contributed by atoms with E-state index in [1.54, 1.807) is 29.2 Å². The van der Waals surface area contributed by atoms with Crippen molar-refractivity contribution >= 4 is 15.9 Å². The molecule has 1 amide bonds. The predicted molar refractivity (Wildman–Crippen MR) is 106 cm³/mol. The van der Waals surface area contributed by atoms with Crippen LogP contribution in [0.2, 0.25) is 0 Å². The Morgan fingerprint density at radius 3 is 2.15 bits per heavy atom. The molecule has 1 atom stereocenters. The van der Waals surface area contributed by atoms with Crippen LogP contribution in [0.15, 0.2) is 59.5 Å². The highest BCUT2D eigenvalue weighted by molar-refractivity contribution is 7.89. The number of carbonyl (C=O) groups excluding carboxylic acids is 1. The Kier molecular flexibility index (Phi) is 5.97. The highest BCUT2D eigenvalue weighted by atomic mass is 32.2. The van der Waals surface area contributed by atoms with E-state index in [0.29, 0.717) is 37.5 Å². The van der Waals surface area contributed by atoms with Gasteiger partial charge in [0.1, 0.15) is 0 Å². The Labute approximate surface area is 161 Å². The van der Waals surface area contributed by atoms with Gasteiger partial charge in [-0.1, -0.05) is 55.0 Å². The van der Waals surface area contributed by atoms with E-state index >= 15 is 0 Å². The summed E-state index contributed by atoms with van der Waals surface area (Å²) < 4.78 is 27.0. The van der Waals surface area contributed by atoms with Crippen molar-refractivity contribution in [1.29, 1.82) is 0 Å². The van der Waals surface area contributed by atoms with Gasteiger partial charge in [-0.25, -0.2) is 8.42 Å². The van der Waals surface area contributed by atoms with Gasteiger partial charge in [-0.05, 0) is 30.5 Å². The van der Waals surface area contributed by atoms with Crippen molar-refractivity contribution in [3.63, 3.8) is 0 Å². The molecule has 3 rings (SSSR count). The Balaban J connectivity index is 1.58. The minimum atomic E-state index is -3.50. The molecule has 2 aromatic carbocycles. The molecule has 1 heterocycles. The number of benzene rings is 2. The van der Waals surface area contributed by atoms with Gasteiger partial charge in [0.2, 0.25) is 15.9 Å². The highest BCUT2D eigenvalue weighted by Crippen LogP contribution is 2.22. The number of piperazine rings is 1. The minimum absolute atomic E-state index is 0.0822. The third kappa shape index (κ3) is 4.57. The summed E-state index contributed by atoms with van der Waals surface area (Å²) in [6.07, 6.45) is 0.439. The molecule has 5 nitrogen and oxygen atoms in total. The Morgan fingerprint density at radius 2 is 1.56 bits per heavy atom. The third-order valence-corrected chi connectivity index (χ3v) is 7.01. The van der Waals surface area contributed by atoms with Crippen LogP contribution in [0.25, 0.3) is 0 Å². The summed E-state index contributed by atoms with van der Waals surface area (Å²) in [5.41, 5.74) is 2.17. The van der Waals surface area contributed by atoms with Gasteiger partial charge in [-0.2, -0.15) is 4.31 Å². The molecule has 2 aromatic rings. The van der Waals surface area contributed by atoms with Gasteiger partial charge in [-0.3, -0.25) is 4.79 Å². The number of sulfonamides is 1. The van der Waals surface area contributed by atoms with Crippen molar-refractivity contribution in [2.24, 2.45) is 0 Å². The molecule has 0 aromatic heterocycles. The van der Waals surface area contributed by atoms with E-state index in [1.807, 2.05) is 44.2 Å². The van der Waals surface area contributed by atoms with Gasteiger partial charge < -0.3 is 4.90 Å². The van der Waals surface area contributed by atoms with Crippen LogP contribution in [-0.4, -0.2) is 49.7 Å². The Bertz CT molecular complexity index is 871. The van der Waals surface area contributed by atoms with Crippen LogP contribution < -0.4 is 0 Å². The van der Waals surface area contributed by atoms with E-state index in [2.05, 4.69) is 0 Å². The number of hydrogen-bond donors (Lipinski definition) is 0. The summed E-state index contributed by atoms with van der Waals surface area (Å²) in [4.78, 5) is 14.7. The zero-order valence-electron chi connectivity index (χ0n) is 15.8. The molecule has 27 heavy (non-hydrogen) atoms.